The van der Waals surface area contributed by atoms with Gasteiger partial charge in [-0.25, -0.2) is 4.79 Å². The van der Waals surface area contributed by atoms with Gasteiger partial charge in [-0.3, -0.25) is 4.79 Å². The van der Waals surface area contributed by atoms with E-state index in [9.17, 15) is 9.59 Å². The first-order valence-electron chi connectivity index (χ1n) is 5.76. The normalized spacial score (nSPS) is 23.5. The fourth-order valence-corrected chi connectivity index (χ4v) is 3.00. The molecule has 1 aromatic rings. The SMILES string of the molecule is Cc1ccc(CC2SCC(C(=O)O)NC2=O)cc1. The Labute approximate surface area is 110 Å². The van der Waals surface area contributed by atoms with Crippen LogP contribution in [0.5, 0.6) is 0 Å². The predicted molar refractivity (Wildman–Crippen MR) is 70.7 cm³/mol. The molecule has 1 aliphatic heterocycles. The second-order valence-electron chi connectivity index (χ2n) is 4.41. The molecule has 2 unspecified atom stereocenters. The van der Waals surface area contributed by atoms with Crippen LogP contribution in [0.4, 0.5) is 0 Å². The molecule has 1 amide bonds. The monoisotopic (exact) mass is 265 g/mol. The van der Waals surface area contributed by atoms with Gasteiger partial charge in [-0.15, -0.1) is 11.8 Å². The van der Waals surface area contributed by atoms with Crippen molar-refractivity contribution >= 4 is 23.6 Å². The van der Waals surface area contributed by atoms with Crippen LogP contribution in [0.2, 0.25) is 0 Å². The zero-order valence-electron chi connectivity index (χ0n) is 10.1. The maximum Gasteiger partial charge on any atom is 0.327 e. The first-order chi connectivity index (χ1) is 8.56. The second kappa shape index (κ2) is 5.44. The van der Waals surface area contributed by atoms with E-state index in [4.69, 9.17) is 5.11 Å². The first kappa shape index (κ1) is 13.0. The fraction of sp³-hybridized carbons (Fsp3) is 0.385. The van der Waals surface area contributed by atoms with Crippen molar-refractivity contribution in [2.75, 3.05) is 5.75 Å². The number of aryl methyl sites for hydroxylation is 1. The Morgan fingerprint density at radius 2 is 2.11 bits per heavy atom. The zero-order chi connectivity index (χ0) is 13.1. The number of hydrogen-bond donors (Lipinski definition) is 2. The Balaban J connectivity index is 1.97. The molecule has 0 aromatic heterocycles. The van der Waals surface area contributed by atoms with Crippen LogP contribution in [0.3, 0.4) is 0 Å². The molecule has 2 atom stereocenters. The Hall–Kier alpha value is -1.49. The highest BCUT2D eigenvalue weighted by Crippen LogP contribution is 2.22. The van der Waals surface area contributed by atoms with Gasteiger partial charge < -0.3 is 10.4 Å². The van der Waals surface area contributed by atoms with Gasteiger partial charge in [0.25, 0.3) is 0 Å². The van der Waals surface area contributed by atoms with Crippen LogP contribution in [0, 0.1) is 6.92 Å². The van der Waals surface area contributed by atoms with Gasteiger partial charge in [0, 0.05) is 5.75 Å². The number of hydrogen-bond acceptors (Lipinski definition) is 3. The van der Waals surface area contributed by atoms with Crippen LogP contribution in [0.25, 0.3) is 0 Å². The van der Waals surface area contributed by atoms with Crippen molar-refractivity contribution in [3.05, 3.63) is 35.4 Å². The quantitative estimate of drug-likeness (QED) is 0.862. The molecule has 96 valence electrons. The van der Waals surface area contributed by atoms with Gasteiger partial charge in [-0.05, 0) is 18.9 Å². The Morgan fingerprint density at radius 3 is 2.67 bits per heavy atom. The van der Waals surface area contributed by atoms with Crippen molar-refractivity contribution in [1.29, 1.82) is 0 Å². The summed E-state index contributed by atoms with van der Waals surface area (Å²) in [5.41, 5.74) is 2.28. The molecule has 1 fully saturated rings. The summed E-state index contributed by atoms with van der Waals surface area (Å²) < 4.78 is 0. The summed E-state index contributed by atoms with van der Waals surface area (Å²) in [6.45, 7) is 2.02. The molecule has 2 N–H and O–H groups in total. The third-order valence-electron chi connectivity index (χ3n) is 2.91. The van der Waals surface area contributed by atoms with Crippen molar-refractivity contribution in [1.82, 2.24) is 5.32 Å². The number of rotatable bonds is 3. The lowest BCUT2D eigenvalue weighted by Gasteiger charge is -2.26. The largest absolute Gasteiger partial charge is 0.480 e. The van der Waals surface area contributed by atoms with E-state index in [0.29, 0.717) is 12.2 Å². The molecule has 1 aliphatic rings. The van der Waals surface area contributed by atoms with E-state index < -0.39 is 12.0 Å². The van der Waals surface area contributed by atoms with E-state index in [1.54, 1.807) is 0 Å². The van der Waals surface area contributed by atoms with Gasteiger partial charge in [0.05, 0.1) is 5.25 Å². The molecular formula is C13H15NO3S. The van der Waals surface area contributed by atoms with Gasteiger partial charge in [-0.2, -0.15) is 0 Å². The maximum absolute atomic E-state index is 11.8. The molecule has 18 heavy (non-hydrogen) atoms. The lowest BCUT2D eigenvalue weighted by molar-refractivity contribution is -0.141. The van der Waals surface area contributed by atoms with Crippen molar-refractivity contribution in [3.63, 3.8) is 0 Å². The number of aliphatic carboxylic acids is 1. The van der Waals surface area contributed by atoms with Gasteiger partial charge >= 0.3 is 5.97 Å². The van der Waals surface area contributed by atoms with E-state index in [1.165, 1.54) is 17.3 Å². The number of carbonyl (C=O) groups excluding carboxylic acids is 1. The van der Waals surface area contributed by atoms with Gasteiger partial charge in [0.1, 0.15) is 6.04 Å². The molecule has 0 aliphatic carbocycles. The third kappa shape index (κ3) is 3.04. The molecule has 0 saturated carbocycles. The fourth-order valence-electron chi connectivity index (χ4n) is 1.82. The van der Waals surface area contributed by atoms with Crippen LogP contribution in [-0.2, 0) is 16.0 Å². The minimum absolute atomic E-state index is 0.181. The number of carboxylic acids is 1. The van der Waals surface area contributed by atoms with E-state index >= 15 is 0 Å². The maximum atomic E-state index is 11.8. The van der Waals surface area contributed by atoms with Crippen molar-refractivity contribution in [3.8, 4) is 0 Å². The Bertz CT molecular complexity index is 458. The summed E-state index contributed by atoms with van der Waals surface area (Å²) in [5, 5.41) is 11.2. The summed E-state index contributed by atoms with van der Waals surface area (Å²) in [5.74, 6) is -0.721. The molecule has 0 radical (unpaired) electrons. The highest BCUT2D eigenvalue weighted by Gasteiger charge is 2.31. The summed E-state index contributed by atoms with van der Waals surface area (Å²) in [7, 11) is 0. The number of nitrogens with one attached hydrogen (secondary N) is 1. The lowest BCUT2D eigenvalue weighted by atomic mass is 10.1. The summed E-state index contributed by atoms with van der Waals surface area (Å²) in [4.78, 5) is 22.6. The van der Waals surface area contributed by atoms with Crippen LogP contribution in [0.15, 0.2) is 24.3 Å². The van der Waals surface area contributed by atoms with E-state index in [1.807, 2.05) is 31.2 Å². The smallest absolute Gasteiger partial charge is 0.327 e. The molecular weight excluding hydrogens is 250 g/mol. The van der Waals surface area contributed by atoms with E-state index in [0.717, 1.165) is 5.56 Å². The number of benzene rings is 1. The lowest BCUT2D eigenvalue weighted by Crippen LogP contribution is -2.51. The Kier molecular flexibility index (Phi) is 3.91. The summed E-state index contributed by atoms with van der Waals surface area (Å²) >= 11 is 1.41. The Morgan fingerprint density at radius 1 is 1.44 bits per heavy atom. The standard InChI is InChI=1S/C13H15NO3S/c1-8-2-4-9(5-3-8)6-11-12(15)14-10(7-18-11)13(16)17/h2-5,10-11H,6-7H2,1H3,(H,14,15)(H,16,17). The van der Waals surface area contributed by atoms with Crippen LogP contribution in [-0.4, -0.2) is 34.0 Å². The highest BCUT2D eigenvalue weighted by atomic mass is 32.2. The van der Waals surface area contributed by atoms with E-state index in [2.05, 4.69) is 5.32 Å². The molecule has 1 aromatic carbocycles. The van der Waals surface area contributed by atoms with Gasteiger partial charge in [0.15, 0.2) is 0 Å². The zero-order valence-corrected chi connectivity index (χ0v) is 10.9. The van der Waals surface area contributed by atoms with Gasteiger partial charge in [-0.1, -0.05) is 29.8 Å². The van der Waals surface area contributed by atoms with E-state index in [-0.39, 0.29) is 11.2 Å². The topological polar surface area (TPSA) is 66.4 Å². The summed E-state index contributed by atoms with van der Waals surface area (Å²) in [6, 6.07) is 7.29. The molecule has 0 spiro atoms. The summed E-state index contributed by atoms with van der Waals surface area (Å²) in [6.07, 6.45) is 0.642. The molecule has 1 heterocycles. The van der Waals surface area contributed by atoms with Crippen molar-refractivity contribution in [2.45, 2.75) is 24.6 Å². The van der Waals surface area contributed by atoms with Crippen LogP contribution in [0.1, 0.15) is 11.1 Å². The van der Waals surface area contributed by atoms with Crippen LogP contribution < -0.4 is 5.32 Å². The molecule has 4 nitrogen and oxygen atoms in total. The molecule has 5 heteroatoms. The number of thioether (sulfide) groups is 1. The molecule has 2 rings (SSSR count). The minimum Gasteiger partial charge on any atom is -0.480 e. The number of carboxylic acid groups (broad SMARTS) is 1. The minimum atomic E-state index is -0.968. The predicted octanol–water partition coefficient (Wildman–Crippen LogP) is 1.22. The molecule has 1 saturated heterocycles. The molecule has 0 bridgehead atoms. The first-order valence-corrected chi connectivity index (χ1v) is 6.81. The highest BCUT2D eigenvalue weighted by molar-refractivity contribution is 8.00. The van der Waals surface area contributed by atoms with Crippen LogP contribution >= 0.6 is 11.8 Å². The average molecular weight is 265 g/mol. The third-order valence-corrected chi connectivity index (χ3v) is 4.22. The second-order valence-corrected chi connectivity index (χ2v) is 5.65. The van der Waals surface area contributed by atoms with Crippen molar-refractivity contribution in [2.24, 2.45) is 0 Å². The van der Waals surface area contributed by atoms with Gasteiger partial charge in [0.2, 0.25) is 5.91 Å². The van der Waals surface area contributed by atoms with Crippen molar-refractivity contribution < 1.29 is 14.7 Å². The number of amides is 1. The average Bonchev–Trinajstić information content (AvgIpc) is 2.34. The number of carbonyl (C=O) groups is 2.